The van der Waals surface area contributed by atoms with E-state index in [1.807, 2.05) is 0 Å². The number of ether oxygens (including phenoxy) is 1. The van der Waals surface area contributed by atoms with Crippen LogP contribution in [0, 0.1) is 11.6 Å². The van der Waals surface area contributed by atoms with Gasteiger partial charge in [-0.3, -0.25) is 4.79 Å². The number of methoxy groups -OCH3 is 1. The Balaban J connectivity index is 2.30. The first-order chi connectivity index (χ1) is 10.4. The van der Waals surface area contributed by atoms with Crippen molar-refractivity contribution in [3.05, 3.63) is 58.4 Å². The molecule has 2 rings (SSSR count). The van der Waals surface area contributed by atoms with Crippen LogP contribution in [0.3, 0.4) is 0 Å². The lowest BCUT2D eigenvalue weighted by Gasteiger charge is -2.17. The first-order valence-electron chi connectivity index (χ1n) is 6.10. The summed E-state index contributed by atoms with van der Waals surface area (Å²) in [6.45, 7) is 0. The van der Waals surface area contributed by atoms with E-state index >= 15 is 0 Å². The summed E-state index contributed by atoms with van der Waals surface area (Å²) in [6, 6.07) is 2.58. The molecule has 0 spiro atoms. The number of esters is 1. The molecule has 1 aromatic heterocycles. The molecule has 1 atom stereocenters. The number of benzene rings is 1. The van der Waals surface area contributed by atoms with Gasteiger partial charge in [0.1, 0.15) is 17.3 Å². The highest BCUT2D eigenvalue weighted by molar-refractivity contribution is 6.31. The number of aromatic amines is 1. The van der Waals surface area contributed by atoms with Crippen LogP contribution in [-0.2, 0) is 9.53 Å². The lowest BCUT2D eigenvalue weighted by Crippen LogP contribution is -2.35. The van der Waals surface area contributed by atoms with Gasteiger partial charge in [0.15, 0.2) is 6.04 Å². The highest BCUT2D eigenvalue weighted by Crippen LogP contribution is 2.20. The molecule has 0 radical (unpaired) electrons. The fourth-order valence-electron chi connectivity index (χ4n) is 1.82. The minimum Gasteiger partial charge on any atom is -0.467 e. The third-order valence-electron chi connectivity index (χ3n) is 2.88. The first kappa shape index (κ1) is 16.0. The average Bonchev–Trinajstić information content (AvgIpc) is 2.91. The van der Waals surface area contributed by atoms with E-state index in [1.165, 1.54) is 12.3 Å². The highest BCUT2D eigenvalue weighted by atomic mass is 35.5. The zero-order chi connectivity index (χ0) is 16.3. The Morgan fingerprint density at radius 2 is 2.05 bits per heavy atom. The Labute approximate surface area is 129 Å². The van der Waals surface area contributed by atoms with Crippen LogP contribution in [0.1, 0.15) is 22.1 Å². The van der Waals surface area contributed by atoms with Crippen LogP contribution in [0.5, 0.6) is 0 Å². The summed E-state index contributed by atoms with van der Waals surface area (Å²) >= 11 is 5.69. The molecule has 8 heteroatoms. The summed E-state index contributed by atoms with van der Waals surface area (Å²) in [6.07, 6.45) is 1.38. The smallest absolute Gasteiger partial charge is 0.333 e. The van der Waals surface area contributed by atoms with Crippen molar-refractivity contribution >= 4 is 23.5 Å². The van der Waals surface area contributed by atoms with Crippen LogP contribution in [0.25, 0.3) is 0 Å². The van der Waals surface area contributed by atoms with E-state index in [0.717, 1.165) is 19.2 Å². The van der Waals surface area contributed by atoms with Crippen LogP contribution >= 0.6 is 11.6 Å². The van der Waals surface area contributed by atoms with E-state index in [-0.39, 0.29) is 11.3 Å². The lowest BCUT2D eigenvalue weighted by atomic mass is 10.1. The average molecular weight is 329 g/mol. The van der Waals surface area contributed by atoms with Crippen molar-refractivity contribution in [3.63, 3.8) is 0 Å². The van der Waals surface area contributed by atoms with Gasteiger partial charge in [0.2, 0.25) is 0 Å². The quantitative estimate of drug-likeness (QED) is 0.847. The minimum absolute atomic E-state index is 0.0847. The summed E-state index contributed by atoms with van der Waals surface area (Å²) in [4.78, 5) is 26.4. The third kappa shape index (κ3) is 3.43. The van der Waals surface area contributed by atoms with Gasteiger partial charge in [0, 0.05) is 17.8 Å². The zero-order valence-electron chi connectivity index (χ0n) is 11.3. The second-order valence-electron chi connectivity index (χ2n) is 4.33. The van der Waals surface area contributed by atoms with Crippen molar-refractivity contribution in [1.82, 2.24) is 10.3 Å². The number of nitrogens with one attached hydrogen (secondary N) is 2. The molecule has 116 valence electrons. The molecule has 0 aliphatic rings. The normalized spacial score (nSPS) is 11.8. The number of halogens is 3. The molecular weight excluding hydrogens is 318 g/mol. The van der Waals surface area contributed by atoms with Gasteiger partial charge >= 0.3 is 5.97 Å². The molecule has 0 aliphatic carbocycles. The fourth-order valence-corrected chi connectivity index (χ4v) is 1.99. The summed E-state index contributed by atoms with van der Waals surface area (Å²) in [5.74, 6) is -3.35. The molecule has 0 saturated carbocycles. The molecule has 2 N–H and O–H groups in total. The standard InChI is InChI=1S/C14H11ClF2N2O3/c1-22-14(21)12(9-3-2-8(16)5-10(9)17)19-13(20)11-4-7(15)6-18-11/h2-6,12,18H,1H3,(H,19,20). The molecule has 1 unspecified atom stereocenters. The number of carbonyl (C=O) groups is 2. The van der Waals surface area contributed by atoms with Gasteiger partial charge < -0.3 is 15.0 Å². The molecule has 0 aliphatic heterocycles. The molecule has 0 fully saturated rings. The highest BCUT2D eigenvalue weighted by Gasteiger charge is 2.27. The van der Waals surface area contributed by atoms with E-state index in [9.17, 15) is 18.4 Å². The molecule has 1 heterocycles. The van der Waals surface area contributed by atoms with Crippen LogP contribution in [0.2, 0.25) is 5.02 Å². The van der Waals surface area contributed by atoms with Gasteiger partial charge in [-0.05, 0) is 12.1 Å². The zero-order valence-corrected chi connectivity index (χ0v) is 12.1. The minimum atomic E-state index is -1.42. The first-order valence-corrected chi connectivity index (χ1v) is 6.47. The maximum Gasteiger partial charge on any atom is 0.333 e. The van der Waals surface area contributed by atoms with Crippen molar-refractivity contribution < 1.29 is 23.1 Å². The van der Waals surface area contributed by atoms with Crippen LogP contribution < -0.4 is 5.32 Å². The number of hydrogen-bond donors (Lipinski definition) is 2. The Hall–Kier alpha value is -2.41. The molecule has 0 saturated heterocycles. The number of hydrogen-bond acceptors (Lipinski definition) is 3. The number of rotatable bonds is 4. The fraction of sp³-hybridized carbons (Fsp3) is 0.143. The number of amides is 1. The molecule has 1 aromatic carbocycles. The van der Waals surface area contributed by atoms with Gasteiger partial charge in [-0.25, -0.2) is 13.6 Å². The number of carbonyl (C=O) groups excluding carboxylic acids is 2. The summed E-state index contributed by atoms with van der Waals surface area (Å²) < 4.78 is 31.3. The predicted molar refractivity (Wildman–Crippen MR) is 74.4 cm³/mol. The van der Waals surface area contributed by atoms with E-state index in [1.54, 1.807) is 0 Å². The molecule has 5 nitrogen and oxygen atoms in total. The van der Waals surface area contributed by atoms with Crippen molar-refractivity contribution in [2.45, 2.75) is 6.04 Å². The Bertz CT molecular complexity index is 718. The maximum absolute atomic E-state index is 13.8. The van der Waals surface area contributed by atoms with Crippen molar-refractivity contribution in [2.75, 3.05) is 7.11 Å². The van der Waals surface area contributed by atoms with Crippen molar-refractivity contribution in [1.29, 1.82) is 0 Å². The molecular formula is C14H11ClF2N2O3. The monoisotopic (exact) mass is 328 g/mol. The largest absolute Gasteiger partial charge is 0.467 e. The SMILES string of the molecule is COC(=O)C(NC(=O)c1cc(Cl)c[nH]1)c1ccc(F)cc1F. The Morgan fingerprint density at radius 1 is 1.32 bits per heavy atom. The third-order valence-corrected chi connectivity index (χ3v) is 3.10. The molecule has 1 amide bonds. The van der Waals surface area contributed by atoms with Crippen molar-refractivity contribution in [3.8, 4) is 0 Å². The summed E-state index contributed by atoms with van der Waals surface area (Å²) in [7, 11) is 1.09. The van der Waals surface area contributed by atoms with E-state index in [2.05, 4.69) is 15.0 Å². The van der Waals surface area contributed by atoms with Crippen molar-refractivity contribution in [2.24, 2.45) is 0 Å². The predicted octanol–water partition coefficient (Wildman–Crippen LogP) is 2.59. The van der Waals surface area contributed by atoms with E-state index in [4.69, 9.17) is 11.6 Å². The second-order valence-corrected chi connectivity index (χ2v) is 4.76. The lowest BCUT2D eigenvalue weighted by molar-refractivity contribution is -0.143. The number of H-pyrrole nitrogens is 1. The maximum atomic E-state index is 13.8. The van der Waals surface area contributed by atoms with E-state index in [0.29, 0.717) is 11.1 Å². The van der Waals surface area contributed by atoms with Gasteiger partial charge in [-0.15, -0.1) is 0 Å². The van der Waals surface area contributed by atoms with Gasteiger partial charge in [-0.1, -0.05) is 17.7 Å². The number of aromatic nitrogens is 1. The van der Waals surface area contributed by atoms with Gasteiger partial charge in [-0.2, -0.15) is 0 Å². The second kappa shape index (κ2) is 6.57. The van der Waals surface area contributed by atoms with Gasteiger partial charge in [0.05, 0.1) is 12.1 Å². The van der Waals surface area contributed by atoms with Crippen LogP contribution in [-0.4, -0.2) is 24.0 Å². The summed E-state index contributed by atoms with van der Waals surface area (Å²) in [5, 5.41) is 2.61. The Morgan fingerprint density at radius 3 is 2.59 bits per heavy atom. The summed E-state index contributed by atoms with van der Waals surface area (Å²) in [5.41, 5.74) is -0.124. The van der Waals surface area contributed by atoms with Crippen LogP contribution in [0.4, 0.5) is 8.78 Å². The molecule has 2 aromatic rings. The van der Waals surface area contributed by atoms with E-state index < -0.39 is 29.6 Å². The Kier molecular flexibility index (Phi) is 4.77. The topological polar surface area (TPSA) is 71.2 Å². The molecule has 0 bridgehead atoms. The van der Waals surface area contributed by atoms with Crippen LogP contribution in [0.15, 0.2) is 30.5 Å². The molecule has 22 heavy (non-hydrogen) atoms. The van der Waals surface area contributed by atoms with Gasteiger partial charge in [0.25, 0.3) is 5.91 Å².